The minimum Gasteiger partial charge on any atom is -0.348 e. The SMILES string of the molecule is CN=C(SC)C(=O)NC1CCC(C(C)C)CC1. The fourth-order valence-electron chi connectivity index (χ4n) is 2.46. The molecule has 1 amide bonds. The molecule has 3 nitrogen and oxygen atoms in total. The summed E-state index contributed by atoms with van der Waals surface area (Å²) in [4.78, 5) is 15.8. The Hall–Kier alpha value is -0.510. The Labute approximate surface area is 109 Å². The third-order valence-electron chi connectivity index (χ3n) is 3.64. The van der Waals surface area contributed by atoms with Gasteiger partial charge in [0.1, 0.15) is 0 Å². The molecule has 0 unspecified atom stereocenters. The first-order valence-electron chi connectivity index (χ1n) is 6.40. The van der Waals surface area contributed by atoms with Crippen LogP contribution in [-0.2, 0) is 4.79 Å². The van der Waals surface area contributed by atoms with Crippen molar-refractivity contribution >= 4 is 22.7 Å². The van der Waals surface area contributed by atoms with Gasteiger partial charge < -0.3 is 5.32 Å². The van der Waals surface area contributed by atoms with Crippen molar-refractivity contribution in [1.29, 1.82) is 0 Å². The van der Waals surface area contributed by atoms with Gasteiger partial charge in [-0.05, 0) is 43.8 Å². The first kappa shape index (κ1) is 14.6. The lowest BCUT2D eigenvalue weighted by Crippen LogP contribution is -2.40. The highest BCUT2D eigenvalue weighted by atomic mass is 32.2. The Bertz CT molecular complexity index is 281. The van der Waals surface area contributed by atoms with E-state index < -0.39 is 0 Å². The molecule has 0 aromatic heterocycles. The summed E-state index contributed by atoms with van der Waals surface area (Å²) >= 11 is 1.41. The molecule has 0 aliphatic heterocycles. The minimum atomic E-state index is -0.00648. The van der Waals surface area contributed by atoms with Crippen LogP contribution in [-0.4, -0.2) is 30.3 Å². The highest BCUT2D eigenvalue weighted by molar-refractivity contribution is 8.15. The number of nitrogens with one attached hydrogen (secondary N) is 1. The van der Waals surface area contributed by atoms with E-state index in [-0.39, 0.29) is 5.91 Å². The van der Waals surface area contributed by atoms with Crippen molar-refractivity contribution in [1.82, 2.24) is 5.32 Å². The van der Waals surface area contributed by atoms with Crippen LogP contribution in [0.3, 0.4) is 0 Å². The van der Waals surface area contributed by atoms with Crippen molar-refractivity contribution in [3.8, 4) is 0 Å². The van der Waals surface area contributed by atoms with Crippen molar-refractivity contribution in [3.63, 3.8) is 0 Å². The van der Waals surface area contributed by atoms with Crippen LogP contribution < -0.4 is 5.32 Å². The van der Waals surface area contributed by atoms with Gasteiger partial charge in [-0.25, -0.2) is 0 Å². The second-order valence-electron chi connectivity index (χ2n) is 5.06. The van der Waals surface area contributed by atoms with E-state index in [4.69, 9.17) is 0 Å². The molecule has 0 radical (unpaired) electrons. The number of carbonyl (C=O) groups excluding carboxylic acids is 1. The van der Waals surface area contributed by atoms with Crippen molar-refractivity contribution in [2.75, 3.05) is 13.3 Å². The molecule has 1 saturated carbocycles. The van der Waals surface area contributed by atoms with Crippen molar-refractivity contribution < 1.29 is 4.79 Å². The Morgan fingerprint density at radius 2 is 1.88 bits per heavy atom. The van der Waals surface area contributed by atoms with E-state index in [0.29, 0.717) is 11.1 Å². The molecule has 0 bridgehead atoms. The van der Waals surface area contributed by atoms with Gasteiger partial charge in [-0.3, -0.25) is 9.79 Å². The van der Waals surface area contributed by atoms with Crippen LogP contribution in [0.4, 0.5) is 0 Å². The number of carbonyl (C=O) groups is 1. The summed E-state index contributed by atoms with van der Waals surface area (Å²) in [7, 11) is 1.67. The van der Waals surface area contributed by atoms with Gasteiger partial charge in [0.2, 0.25) is 0 Å². The van der Waals surface area contributed by atoms with Gasteiger partial charge in [-0.2, -0.15) is 0 Å². The Morgan fingerprint density at radius 3 is 2.29 bits per heavy atom. The summed E-state index contributed by atoms with van der Waals surface area (Å²) in [5.41, 5.74) is 0. The molecule has 0 spiro atoms. The van der Waals surface area contributed by atoms with Gasteiger partial charge in [-0.15, -0.1) is 11.8 Å². The quantitative estimate of drug-likeness (QED) is 0.609. The molecule has 0 atom stereocenters. The van der Waals surface area contributed by atoms with E-state index >= 15 is 0 Å². The zero-order valence-corrected chi connectivity index (χ0v) is 12.1. The molecule has 0 saturated heterocycles. The summed E-state index contributed by atoms with van der Waals surface area (Å²) in [5, 5.41) is 3.67. The predicted octanol–water partition coefficient (Wildman–Crippen LogP) is 2.71. The molecule has 4 heteroatoms. The maximum absolute atomic E-state index is 11.8. The summed E-state index contributed by atoms with van der Waals surface area (Å²) < 4.78 is 0. The summed E-state index contributed by atoms with van der Waals surface area (Å²) in [6.45, 7) is 4.58. The maximum atomic E-state index is 11.8. The monoisotopic (exact) mass is 256 g/mol. The van der Waals surface area contributed by atoms with Crippen LogP contribution in [0.1, 0.15) is 39.5 Å². The normalized spacial score (nSPS) is 26.1. The van der Waals surface area contributed by atoms with E-state index in [0.717, 1.165) is 24.7 Å². The Kier molecular flexibility index (Phi) is 6.03. The maximum Gasteiger partial charge on any atom is 0.276 e. The molecule has 1 aliphatic rings. The topological polar surface area (TPSA) is 41.5 Å². The molecular formula is C13H24N2OS. The van der Waals surface area contributed by atoms with Crippen molar-refractivity contribution in [3.05, 3.63) is 0 Å². The molecule has 1 fully saturated rings. The smallest absolute Gasteiger partial charge is 0.276 e. The Balaban J connectivity index is 2.38. The van der Waals surface area contributed by atoms with E-state index in [1.807, 2.05) is 6.26 Å². The number of amides is 1. The second-order valence-corrected chi connectivity index (χ2v) is 5.86. The average Bonchev–Trinajstić information content (AvgIpc) is 2.31. The lowest BCUT2D eigenvalue weighted by Gasteiger charge is -2.31. The second kappa shape index (κ2) is 7.04. The first-order valence-corrected chi connectivity index (χ1v) is 7.62. The van der Waals surface area contributed by atoms with E-state index in [9.17, 15) is 4.79 Å². The summed E-state index contributed by atoms with van der Waals surface area (Å²) in [5.74, 6) is 1.60. The number of hydrogen-bond acceptors (Lipinski definition) is 3. The number of hydrogen-bond donors (Lipinski definition) is 1. The van der Waals surface area contributed by atoms with Gasteiger partial charge in [0.15, 0.2) is 5.04 Å². The van der Waals surface area contributed by atoms with Crippen LogP contribution in [0, 0.1) is 11.8 Å². The standard InChI is InChI=1S/C13H24N2OS/c1-9(2)10-5-7-11(8-6-10)15-12(16)13(14-3)17-4/h9-11H,5-8H2,1-4H3,(H,15,16). The van der Waals surface area contributed by atoms with Crippen LogP contribution in [0.2, 0.25) is 0 Å². The lowest BCUT2D eigenvalue weighted by atomic mass is 9.80. The zero-order valence-electron chi connectivity index (χ0n) is 11.3. The molecule has 98 valence electrons. The Morgan fingerprint density at radius 1 is 1.29 bits per heavy atom. The number of aliphatic imine (C=N–C) groups is 1. The van der Waals surface area contributed by atoms with E-state index in [1.165, 1.54) is 24.6 Å². The molecule has 17 heavy (non-hydrogen) atoms. The predicted molar refractivity (Wildman–Crippen MR) is 75.6 cm³/mol. The first-order chi connectivity index (χ1) is 8.08. The van der Waals surface area contributed by atoms with Gasteiger partial charge in [0.25, 0.3) is 5.91 Å². The molecule has 0 aromatic rings. The molecule has 0 heterocycles. The van der Waals surface area contributed by atoms with Gasteiger partial charge >= 0.3 is 0 Å². The van der Waals surface area contributed by atoms with Crippen LogP contribution >= 0.6 is 11.8 Å². The molecular weight excluding hydrogens is 232 g/mol. The molecule has 0 aromatic carbocycles. The largest absolute Gasteiger partial charge is 0.348 e. The van der Waals surface area contributed by atoms with Crippen LogP contribution in [0.15, 0.2) is 4.99 Å². The summed E-state index contributed by atoms with van der Waals surface area (Å²) in [6, 6.07) is 0.349. The van der Waals surface area contributed by atoms with Crippen LogP contribution in [0.25, 0.3) is 0 Å². The lowest BCUT2D eigenvalue weighted by molar-refractivity contribution is -0.115. The number of nitrogens with zero attached hydrogens (tertiary/aromatic N) is 1. The van der Waals surface area contributed by atoms with E-state index in [2.05, 4.69) is 24.2 Å². The zero-order chi connectivity index (χ0) is 12.8. The highest BCUT2D eigenvalue weighted by Crippen LogP contribution is 2.29. The summed E-state index contributed by atoms with van der Waals surface area (Å²) in [6.07, 6.45) is 6.58. The fraction of sp³-hybridized carbons (Fsp3) is 0.846. The third kappa shape index (κ3) is 4.34. The number of rotatable bonds is 2. The van der Waals surface area contributed by atoms with Crippen LogP contribution in [0.5, 0.6) is 0 Å². The van der Waals surface area contributed by atoms with Gasteiger partial charge in [-0.1, -0.05) is 13.8 Å². The average molecular weight is 256 g/mol. The third-order valence-corrected chi connectivity index (χ3v) is 4.40. The van der Waals surface area contributed by atoms with Gasteiger partial charge in [0.05, 0.1) is 0 Å². The van der Waals surface area contributed by atoms with E-state index in [1.54, 1.807) is 7.05 Å². The highest BCUT2D eigenvalue weighted by Gasteiger charge is 2.24. The number of thioether (sulfide) groups is 1. The fourth-order valence-corrected chi connectivity index (χ4v) is 2.89. The van der Waals surface area contributed by atoms with Crippen molar-refractivity contribution in [2.24, 2.45) is 16.8 Å². The van der Waals surface area contributed by atoms with Gasteiger partial charge in [0, 0.05) is 13.1 Å². The van der Waals surface area contributed by atoms with Crippen molar-refractivity contribution in [2.45, 2.75) is 45.6 Å². The molecule has 1 rings (SSSR count). The minimum absolute atomic E-state index is 0.00648. The molecule has 1 aliphatic carbocycles. The molecule has 1 N–H and O–H groups in total.